The maximum absolute atomic E-state index is 13.2. The highest BCUT2D eigenvalue weighted by Crippen LogP contribution is 2.30. The molecular formula is C59H113NO13. The molecule has 2 heterocycles. The molecule has 0 aliphatic carbocycles. The average Bonchev–Trinajstić information content (AvgIpc) is 3.39. The summed E-state index contributed by atoms with van der Waals surface area (Å²) in [6.45, 7) is 2.82. The molecule has 2 rings (SSSR count). The van der Waals surface area contributed by atoms with Gasteiger partial charge in [0, 0.05) is 6.42 Å². The summed E-state index contributed by atoms with van der Waals surface area (Å²) in [5, 5.41) is 87.0. The van der Waals surface area contributed by atoms with Crippen LogP contribution in [0.25, 0.3) is 0 Å². The quantitative estimate of drug-likeness (QED) is 0.0204. The number of amides is 1. The predicted octanol–water partition coefficient (Wildman–Crippen LogP) is 10.3. The molecule has 0 aromatic rings. The zero-order chi connectivity index (χ0) is 53.2. The first-order chi connectivity index (χ1) is 35.6. The van der Waals surface area contributed by atoms with E-state index >= 15 is 0 Å². The summed E-state index contributed by atoms with van der Waals surface area (Å²) in [6.07, 6.45) is 35.4. The highest BCUT2D eigenvalue weighted by Gasteiger charge is 2.51. The number of ether oxygens (including phenoxy) is 4. The standard InChI is InChI=1S/C59H113NO13/c1-3-5-7-9-11-13-15-17-19-20-21-22-23-24-25-26-27-28-29-31-33-35-37-39-41-43-51(64)60-47(48(63)42-40-38-36-34-32-30-18-16-14-12-10-8-6-4-2)46-70-58-56(69)54(67)57(50(45-62)72-58)73-59-55(68)53(66)52(65)49(44-61)71-59/h40,42,47-50,52-59,61-63,65-69H,3-39,41,43-46H2,1-2H3,(H,60,64)/b42-40+. The molecule has 432 valence electrons. The lowest BCUT2D eigenvalue weighted by Crippen LogP contribution is -2.65. The van der Waals surface area contributed by atoms with Gasteiger partial charge in [-0.15, -0.1) is 0 Å². The Morgan fingerprint density at radius 2 is 0.849 bits per heavy atom. The van der Waals surface area contributed by atoms with Gasteiger partial charge < -0.3 is 65.1 Å². The Kier molecular flexibility index (Phi) is 42.5. The van der Waals surface area contributed by atoms with Gasteiger partial charge in [-0.05, 0) is 19.3 Å². The highest BCUT2D eigenvalue weighted by molar-refractivity contribution is 5.76. The maximum atomic E-state index is 13.2. The van der Waals surface area contributed by atoms with Crippen LogP contribution in [0.3, 0.4) is 0 Å². The second-order valence-electron chi connectivity index (χ2n) is 21.8. The van der Waals surface area contributed by atoms with Crippen molar-refractivity contribution < 1.29 is 64.6 Å². The van der Waals surface area contributed by atoms with E-state index < -0.39 is 86.8 Å². The second kappa shape index (κ2) is 45.7. The monoisotopic (exact) mass is 1040 g/mol. The van der Waals surface area contributed by atoms with Crippen molar-refractivity contribution >= 4 is 5.91 Å². The number of carbonyl (C=O) groups excluding carboxylic acids is 1. The van der Waals surface area contributed by atoms with Crippen LogP contribution < -0.4 is 5.32 Å². The van der Waals surface area contributed by atoms with Crippen LogP contribution in [0.2, 0.25) is 0 Å². The topological polar surface area (TPSA) is 228 Å². The molecule has 2 saturated heterocycles. The summed E-state index contributed by atoms with van der Waals surface area (Å²) in [6, 6.07) is -0.909. The van der Waals surface area contributed by atoms with E-state index in [1.807, 2.05) is 6.08 Å². The van der Waals surface area contributed by atoms with Crippen molar-refractivity contribution in [1.29, 1.82) is 0 Å². The first kappa shape index (κ1) is 67.8. The van der Waals surface area contributed by atoms with Gasteiger partial charge in [0.15, 0.2) is 12.6 Å². The fourth-order valence-corrected chi connectivity index (χ4v) is 10.3. The molecule has 0 aromatic carbocycles. The number of unbranched alkanes of at least 4 members (excludes halogenated alkanes) is 36. The Bertz CT molecular complexity index is 1280. The third kappa shape index (κ3) is 31.7. The van der Waals surface area contributed by atoms with Crippen molar-refractivity contribution in [3.8, 4) is 0 Å². The van der Waals surface area contributed by atoms with Crippen molar-refractivity contribution in [2.24, 2.45) is 0 Å². The van der Waals surface area contributed by atoms with Crippen LogP contribution >= 0.6 is 0 Å². The van der Waals surface area contributed by atoms with Gasteiger partial charge in [-0.25, -0.2) is 0 Å². The number of hydrogen-bond donors (Lipinski definition) is 9. The normalized spacial score (nSPS) is 25.4. The van der Waals surface area contributed by atoms with E-state index in [1.165, 1.54) is 199 Å². The molecule has 14 nitrogen and oxygen atoms in total. The van der Waals surface area contributed by atoms with Gasteiger partial charge in [-0.2, -0.15) is 0 Å². The fourth-order valence-electron chi connectivity index (χ4n) is 10.3. The van der Waals surface area contributed by atoms with Crippen molar-refractivity contribution in [3.05, 3.63) is 12.2 Å². The van der Waals surface area contributed by atoms with Crippen molar-refractivity contribution in [2.45, 2.75) is 338 Å². The number of aliphatic hydroxyl groups is 8. The van der Waals surface area contributed by atoms with Gasteiger partial charge >= 0.3 is 0 Å². The van der Waals surface area contributed by atoms with Crippen LogP contribution in [0.15, 0.2) is 12.2 Å². The first-order valence-electron chi connectivity index (χ1n) is 30.4. The van der Waals surface area contributed by atoms with E-state index in [4.69, 9.17) is 18.9 Å². The molecule has 2 fully saturated rings. The lowest BCUT2D eigenvalue weighted by Gasteiger charge is -2.46. The Morgan fingerprint density at radius 3 is 1.26 bits per heavy atom. The summed E-state index contributed by atoms with van der Waals surface area (Å²) in [5.74, 6) is -0.234. The summed E-state index contributed by atoms with van der Waals surface area (Å²) in [4.78, 5) is 13.2. The molecule has 12 atom stereocenters. The van der Waals surface area contributed by atoms with E-state index in [-0.39, 0.29) is 18.9 Å². The van der Waals surface area contributed by atoms with Crippen molar-refractivity contribution in [2.75, 3.05) is 19.8 Å². The Hall–Kier alpha value is -1.27. The third-order valence-corrected chi connectivity index (χ3v) is 15.2. The Labute approximate surface area is 444 Å². The van der Waals surface area contributed by atoms with Crippen LogP contribution in [-0.2, 0) is 23.7 Å². The van der Waals surface area contributed by atoms with Crippen LogP contribution in [0, 0.1) is 0 Å². The largest absolute Gasteiger partial charge is 0.394 e. The SMILES string of the molecule is CCCCCCCCCCCCCC/C=C/C(O)C(COC1OC(CO)C(OC2OC(CO)C(O)C(O)C2O)C(O)C1O)NC(=O)CCCCCCCCCCCCCCCCCCCCCCCCCCC. The average molecular weight is 1040 g/mol. The summed E-state index contributed by atoms with van der Waals surface area (Å²) in [5.41, 5.74) is 0. The van der Waals surface area contributed by atoms with Crippen LogP contribution in [0.5, 0.6) is 0 Å². The minimum absolute atomic E-state index is 0.234. The molecule has 0 bridgehead atoms. The number of nitrogens with one attached hydrogen (secondary N) is 1. The zero-order valence-electron chi connectivity index (χ0n) is 46.4. The van der Waals surface area contributed by atoms with Gasteiger partial charge in [0.25, 0.3) is 0 Å². The van der Waals surface area contributed by atoms with Gasteiger partial charge in [0.05, 0.1) is 32.0 Å². The first-order valence-corrected chi connectivity index (χ1v) is 30.4. The number of allylic oxidation sites excluding steroid dienone is 1. The molecule has 1 amide bonds. The molecular weight excluding hydrogens is 931 g/mol. The van der Waals surface area contributed by atoms with Crippen LogP contribution in [0.1, 0.15) is 264 Å². The number of carbonyl (C=O) groups is 1. The molecule has 2 aliphatic rings. The number of hydrogen-bond acceptors (Lipinski definition) is 13. The van der Waals surface area contributed by atoms with Crippen LogP contribution in [-0.4, -0.2) is 140 Å². The molecule has 0 spiro atoms. The van der Waals surface area contributed by atoms with Gasteiger partial charge in [0.2, 0.25) is 5.91 Å². The van der Waals surface area contributed by atoms with Gasteiger partial charge in [-0.3, -0.25) is 4.79 Å². The minimum atomic E-state index is -1.78. The minimum Gasteiger partial charge on any atom is -0.394 e. The van der Waals surface area contributed by atoms with Crippen molar-refractivity contribution in [3.63, 3.8) is 0 Å². The van der Waals surface area contributed by atoms with Gasteiger partial charge in [-0.1, -0.05) is 251 Å². The Morgan fingerprint density at radius 1 is 0.479 bits per heavy atom. The maximum Gasteiger partial charge on any atom is 0.220 e. The highest BCUT2D eigenvalue weighted by atomic mass is 16.7. The van der Waals surface area contributed by atoms with E-state index in [0.717, 1.165) is 38.5 Å². The lowest BCUT2D eigenvalue weighted by atomic mass is 9.97. The molecule has 2 aliphatic heterocycles. The predicted molar refractivity (Wildman–Crippen MR) is 291 cm³/mol. The van der Waals surface area contributed by atoms with E-state index in [2.05, 4.69) is 19.2 Å². The van der Waals surface area contributed by atoms with Crippen LogP contribution in [0.4, 0.5) is 0 Å². The second-order valence-corrected chi connectivity index (χ2v) is 21.8. The van der Waals surface area contributed by atoms with E-state index in [1.54, 1.807) is 6.08 Å². The molecule has 0 radical (unpaired) electrons. The molecule has 0 aromatic heterocycles. The van der Waals surface area contributed by atoms with Gasteiger partial charge in [0.1, 0.15) is 48.8 Å². The molecule has 12 unspecified atom stereocenters. The molecule has 14 heteroatoms. The molecule has 0 saturated carbocycles. The summed E-state index contributed by atoms with van der Waals surface area (Å²) < 4.78 is 22.8. The third-order valence-electron chi connectivity index (χ3n) is 15.2. The molecule has 73 heavy (non-hydrogen) atoms. The summed E-state index contributed by atoms with van der Waals surface area (Å²) in [7, 11) is 0. The smallest absolute Gasteiger partial charge is 0.220 e. The number of rotatable bonds is 49. The zero-order valence-corrected chi connectivity index (χ0v) is 46.4. The lowest BCUT2D eigenvalue weighted by molar-refractivity contribution is -0.359. The summed E-state index contributed by atoms with van der Waals surface area (Å²) >= 11 is 0. The Balaban J connectivity index is 1.71. The fraction of sp³-hybridized carbons (Fsp3) is 0.949. The van der Waals surface area contributed by atoms with Crippen molar-refractivity contribution in [1.82, 2.24) is 5.32 Å². The molecule has 9 N–H and O–H groups in total. The van der Waals surface area contributed by atoms with E-state index in [9.17, 15) is 45.6 Å². The number of aliphatic hydroxyl groups excluding tert-OH is 8. The van der Waals surface area contributed by atoms with E-state index in [0.29, 0.717) is 6.42 Å².